The molecular weight excluding hydrogens is 270 g/mol. The summed E-state index contributed by atoms with van der Waals surface area (Å²) >= 11 is 1.68. The Morgan fingerprint density at radius 1 is 1.30 bits per heavy atom. The SMILES string of the molecule is CC(C)CN(CCN(C)C)c1nc(C2CC2)c(CO)s1. The van der Waals surface area contributed by atoms with E-state index in [0.717, 1.165) is 35.3 Å². The Hall–Kier alpha value is -0.650. The summed E-state index contributed by atoms with van der Waals surface area (Å²) in [7, 11) is 4.20. The van der Waals surface area contributed by atoms with Gasteiger partial charge in [-0.05, 0) is 32.9 Å². The zero-order chi connectivity index (χ0) is 14.7. The largest absolute Gasteiger partial charge is 0.391 e. The molecule has 5 heteroatoms. The van der Waals surface area contributed by atoms with Crippen LogP contribution in [-0.4, -0.2) is 48.7 Å². The second-order valence-corrected chi connectivity index (χ2v) is 7.44. The van der Waals surface area contributed by atoms with Crippen LogP contribution in [0.1, 0.15) is 43.2 Å². The van der Waals surface area contributed by atoms with Crippen LogP contribution < -0.4 is 4.90 Å². The highest BCUT2D eigenvalue weighted by Gasteiger charge is 2.30. The fourth-order valence-electron chi connectivity index (χ4n) is 2.30. The lowest BCUT2D eigenvalue weighted by Gasteiger charge is -2.25. The van der Waals surface area contributed by atoms with Crippen molar-refractivity contribution in [2.24, 2.45) is 5.92 Å². The fraction of sp³-hybridized carbons (Fsp3) is 0.800. The Bertz CT molecular complexity index is 427. The van der Waals surface area contributed by atoms with Crippen LogP contribution in [0.15, 0.2) is 0 Å². The quantitative estimate of drug-likeness (QED) is 0.800. The maximum atomic E-state index is 9.53. The van der Waals surface area contributed by atoms with Crippen molar-refractivity contribution < 1.29 is 5.11 Å². The van der Waals surface area contributed by atoms with E-state index in [9.17, 15) is 5.11 Å². The highest BCUT2D eigenvalue weighted by molar-refractivity contribution is 7.15. The van der Waals surface area contributed by atoms with Crippen LogP contribution in [0.25, 0.3) is 0 Å². The van der Waals surface area contributed by atoms with Gasteiger partial charge in [-0.1, -0.05) is 25.2 Å². The molecule has 0 aliphatic heterocycles. The minimum absolute atomic E-state index is 0.132. The molecule has 0 aromatic carbocycles. The summed E-state index contributed by atoms with van der Waals surface area (Å²) in [5.41, 5.74) is 1.16. The van der Waals surface area contributed by atoms with Gasteiger partial charge < -0.3 is 14.9 Å². The number of aromatic nitrogens is 1. The molecule has 0 radical (unpaired) electrons. The van der Waals surface area contributed by atoms with Gasteiger partial charge in [-0.15, -0.1) is 0 Å². The summed E-state index contributed by atoms with van der Waals surface area (Å²) in [5.74, 6) is 1.22. The number of aliphatic hydroxyl groups excluding tert-OH is 1. The molecule has 1 fully saturated rings. The Morgan fingerprint density at radius 2 is 2.00 bits per heavy atom. The van der Waals surface area contributed by atoms with Gasteiger partial charge in [-0.25, -0.2) is 4.98 Å². The number of hydrogen-bond acceptors (Lipinski definition) is 5. The van der Waals surface area contributed by atoms with Crippen molar-refractivity contribution in [3.05, 3.63) is 10.6 Å². The molecule has 0 bridgehead atoms. The van der Waals surface area contributed by atoms with Crippen molar-refractivity contribution in [1.82, 2.24) is 9.88 Å². The molecule has 2 rings (SSSR count). The van der Waals surface area contributed by atoms with Crippen LogP contribution in [0.5, 0.6) is 0 Å². The van der Waals surface area contributed by atoms with E-state index >= 15 is 0 Å². The van der Waals surface area contributed by atoms with Crippen LogP contribution in [0.3, 0.4) is 0 Å². The Labute approximate surface area is 126 Å². The third kappa shape index (κ3) is 4.17. The zero-order valence-corrected chi connectivity index (χ0v) is 13.9. The highest BCUT2D eigenvalue weighted by atomic mass is 32.1. The van der Waals surface area contributed by atoms with Crippen LogP contribution in [0.4, 0.5) is 5.13 Å². The lowest BCUT2D eigenvalue weighted by molar-refractivity contribution is 0.284. The lowest BCUT2D eigenvalue weighted by Crippen LogP contribution is -2.34. The maximum Gasteiger partial charge on any atom is 0.185 e. The van der Waals surface area contributed by atoms with Gasteiger partial charge in [0, 0.05) is 25.6 Å². The first-order chi connectivity index (χ1) is 9.51. The van der Waals surface area contributed by atoms with Crippen molar-refractivity contribution in [2.75, 3.05) is 38.6 Å². The second-order valence-electron chi connectivity index (χ2n) is 6.38. The molecule has 1 heterocycles. The van der Waals surface area contributed by atoms with E-state index in [0.29, 0.717) is 11.8 Å². The summed E-state index contributed by atoms with van der Waals surface area (Å²) in [6.07, 6.45) is 2.47. The molecule has 1 aliphatic carbocycles. The Kier molecular flexibility index (Phi) is 5.41. The molecule has 0 atom stereocenters. The van der Waals surface area contributed by atoms with Gasteiger partial charge in [0.1, 0.15) is 0 Å². The first-order valence-corrected chi connectivity index (χ1v) is 8.33. The van der Waals surface area contributed by atoms with Crippen LogP contribution in [0.2, 0.25) is 0 Å². The summed E-state index contributed by atoms with van der Waals surface area (Å²) in [6, 6.07) is 0. The van der Waals surface area contributed by atoms with Gasteiger partial charge in [0.05, 0.1) is 17.2 Å². The third-order valence-corrected chi connectivity index (χ3v) is 4.61. The highest BCUT2D eigenvalue weighted by Crippen LogP contribution is 2.44. The van der Waals surface area contributed by atoms with Gasteiger partial charge in [0.2, 0.25) is 0 Å². The Balaban J connectivity index is 2.14. The van der Waals surface area contributed by atoms with E-state index in [1.54, 1.807) is 11.3 Å². The standard InChI is InChI=1S/C15H27N3OS/c1-11(2)9-18(8-7-17(3)4)15-16-14(12-5-6-12)13(10-19)20-15/h11-12,19H,5-10H2,1-4H3. The zero-order valence-electron chi connectivity index (χ0n) is 13.1. The smallest absolute Gasteiger partial charge is 0.185 e. The fourth-order valence-corrected chi connectivity index (χ4v) is 3.34. The monoisotopic (exact) mass is 297 g/mol. The van der Waals surface area contributed by atoms with Crippen molar-refractivity contribution >= 4 is 16.5 Å². The normalized spacial score (nSPS) is 15.3. The van der Waals surface area contributed by atoms with E-state index in [1.165, 1.54) is 12.8 Å². The number of hydrogen-bond donors (Lipinski definition) is 1. The van der Waals surface area contributed by atoms with Gasteiger partial charge in [-0.2, -0.15) is 0 Å². The molecule has 1 aliphatic rings. The van der Waals surface area contributed by atoms with Crippen LogP contribution in [-0.2, 0) is 6.61 Å². The molecule has 1 saturated carbocycles. The second kappa shape index (κ2) is 6.87. The average Bonchev–Trinajstić information content (AvgIpc) is 3.13. The van der Waals surface area contributed by atoms with Gasteiger partial charge in [0.15, 0.2) is 5.13 Å². The van der Waals surface area contributed by atoms with Crippen molar-refractivity contribution in [3.8, 4) is 0 Å². The minimum Gasteiger partial charge on any atom is -0.391 e. The summed E-state index contributed by atoms with van der Waals surface area (Å²) in [4.78, 5) is 10.5. The molecule has 0 spiro atoms. The van der Waals surface area contributed by atoms with Crippen LogP contribution >= 0.6 is 11.3 Å². The van der Waals surface area contributed by atoms with E-state index in [4.69, 9.17) is 4.98 Å². The molecule has 114 valence electrons. The van der Waals surface area contributed by atoms with Gasteiger partial charge in [0.25, 0.3) is 0 Å². The predicted molar refractivity (Wildman–Crippen MR) is 85.6 cm³/mol. The molecular formula is C15H27N3OS. The molecule has 1 aromatic rings. The first-order valence-electron chi connectivity index (χ1n) is 7.51. The first kappa shape index (κ1) is 15.7. The third-order valence-electron chi connectivity index (χ3n) is 3.50. The summed E-state index contributed by atoms with van der Waals surface area (Å²) in [6.45, 7) is 7.66. The molecule has 1 aromatic heterocycles. The van der Waals surface area contributed by atoms with E-state index < -0.39 is 0 Å². The molecule has 0 amide bonds. The number of likely N-dealkylation sites (N-methyl/N-ethyl adjacent to an activating group) is 1. The number of aliphatic hydroxyl groups is 1. The molecule has 20 heavy (non-hydrogen) atoms. The van der Waals surface area contributed by atoms with Crippen molar-refractivity contribution in [1.29, 1.82) is 0 Å². The van der Waals surface area contributed by atoms with Gasteiger partial charge >= 0.3 is 0 Å². The van der Waals surface area contributed by atoms with Gasteiger partial charge in [-0.3, -0.25) is 0 Å². The van der Waals surface area contributed by atoms with Crippen LogP contribution in [0, 0.1) is 5.92 Å². The van der Waals surface area contributed by atoms with E-state index in [2.05, 4.69) is 37.7 Å². The lowest BCUT2D eigenvalue weighted by atomic mass is 10.2. The average molecular weight is 297 g/mol. The summed E-state index contributed by atoms with van der Waals surface area (Å²) in [5, 5.41) is 10.6. The Morgan fingerprint density at radius 3 is 2.50 bits per heavy atom. The predicted octanol–water partition coefficient (Wildman–Crippen LogP) is 2.54. The maximum absolute atomic E-state index is 9.53. The number of anilines is 1. The van der Waals surface area contributed by atoms with Crippen molar-refractivity contribution in [2.45, 2.75) is 39.2 Å². The number of nitrogens with zero attached hydrogens (tertiary/aromatic N) is 3. The summed E-state index contributed by atoms with van der Waals surface area (Å²) < 4.78 is 0. The topological polar surface area (TPSA) is 39.6 Å². The number of rotatable bonds is 8. The molecule has 4 nitrogen and oxygen atoms in total. The molecule has 0 unspecified atom stereocenters. The molecule has 0 saturated heterocycles. The van der Waals surface area contributed by atoms with Crippen molar-refractivity contribution in [3.63, 3.8) is 0 Å². The van der Waals surface area contributed by atoms with E-state index in [-0.39, 0.29) is 6.61 Å². The minimum atomic E-state index is 0.132. The molecule has 1 N–H and O–H groups in total. The van der Waals surface area contributed by atoms with E-state index in [1.807, 2.05) is 0 Å². The number of thiazole rings is 1.